The van der Waals surface area contributed by atoms with Gasteiger partial charge in [-0.3, -0.25) is 4.79 Å². The molecule has 0 aromatic heterocycles. The minimum Gasteiger partial charge on any atom is -0.452 e. The van der Waals surface area contributed by atoms with Gasteiger partial charge >= 0.3 is 5.97 Å². The van der Waals surface area contributed by atoms with Crippen LogP contribution in [0.15, 0.2) is 77.7 Å². The zero-order valence-corrected chi connectivity index (χ0v) is 19.8. The molecular formula is C25H23ClN2O5S. The van der Waals surface area contributed by atoms with Crippen LogP contribution in [-0.4, -0.2) is 37.8 Å². The summed E-state index contributed by atoms with van der Waals surface area (Å²) in [5, 5.41) is 2.69. The van der Waals surface area contributed by atoms with E-state index in [1.807, 2.05) is 54.6 Å². The van der Waals surface area contributed by atoms with Crippen molar-refractivity contribution < 1.29 is 22.7 Å². The van der Waals surface area contributed by atoms with Crippen LogP contribution in [0.3, 0.4) is 0 Å². The molecule has 3 aromatic rings. The molecule has 0 aliphatic carbocycles. The smallest absolute Gasteiger partial charge is 0.340 e. The summed E-state index contributed by atoms with van der Waals surface area (Å²) in [6.45, 7) is 0.373. The largest absolute Gasteiger partial charge is 0.452 e. The van der Waals surface area contributed by atoms with Crippen LogP contribution in [0.1, 0.15) is 27.0 Å². The number of benzene rings is 3. The molecule has 3 aromatic carbocycles. The highest BCUT2D eigenvalue weighted by atomic mass is 35.5. The Hall–Kier alpha value is -3.20. The Balaban J connectivity index is 1.42. The normalized spacial score (nSPS) is 13.7. The molecule has 0 bridgehead atoms. The lowest BCUT2D eigenvalue weighted by Gasteiger charge is -2.28. The van der Waals surface area contributed by atoms with Gasteiger partial charge in [-0.1, -0.05) is 66.2 Å². The summed E-state index contributed by atoms with van der Waals surface area (Å²) in [4.78, 5) is 24.6. The molecule has 1 N–H and O–H groups in total. The van der Waals surface area contributed by atoms with Crippen molar-refractivity contribution in [1.29, 1.82) is 0 Å². The fourth-order valence-corrected chi connectivity index (χ4v) is 5.34. The maximum atomic E-state index is 13.2. The van der Waals surface area contributed by atoms with Crippen LogP contribution >= 0.6 is 11.6 Å². The second-order valence-corrected chi connectivity index (χ2v) is 10.2. The lowest BCUT2D eigenvalue weighted by atomic mass is 10.0. The lowest BCUT2D eigenvalue weighted by molar-refractivity contribution is -0.124. The molecular weight excluding hydrogens is 476 g/mol. The maximum absolute atomic E-state index is 13.2. The zero-order chi connectivity index (χ0) is 24.1. The average Bonchev–Trinajstić information content (AvgIpc) is 2.86. The molecule has 0 unspecified atom stereocenters. The van der Waals surface area contributed by atoms with E-state index in [-0.39, 0.29) is 22.0 Å². The van der Waals surface area contributed by atoms with Crippen LogP contribution in [0.2, 0.25) is 5.02 Å². The molecule has 0 saturated heterocycles. The molecule has 1 aliphatic heterocycles. The highest BCUT2D eigenvalue weighted by Crippen LogP contribution is 2.27. The van der Waals surface area contributed by atoms with E-state index in [2.05, 4.69) is 5.32 Å². The number of ether oxygens (including phenoxy) is 1. The van der Waals surface area contributed by atoms with E-state index in [4.69, 9.17) is 16.3 Å². The minimum absolute atomic E-state index is 0.0395. The van der Waals surface area contributed by atoms with Gasteiger partial charge in [0.25, 0.3) is 5.91 Å². The van der Waals surface area contributed by atoms with Gasteiger partial charge in [0.2, 0.25) is 10.0 Å². The number of carbonyl (C=O) groups excluding carboxylic acids is 2. The molecule has 0 saturated carbocycles. The Labute approximate surface area is 203 Å². The summed E-state index contributed by atoms with van der Waals surface area (Å²) in [6.07, 6.45) is 0.607. The van der Waals surface area contributed by atoms with Gasteiger partial charge in [-0.2, -0.15) is 4.31 Å². The maximum Gasteiger partial charge on any atom is 0.340 e. The van der Waals surface area contributed by atoms with E-state index in [1.165, 1.54) is 22.5 Å². The molecule has 34 heavy (non-hydrogen) atoms. The molecule has 0 spiro atoms. The van der Waals surface area contributed by atoms with Crippen LogP contribution < -0.4 is 5.32 Å². The fraction of sp³-hybridized carbons (Fsp3) is 0.200. The first-order valence-corrected chi connectivity index (χ1v) is 12.5. The number of carbonyl (C=O) groups is 2. The molecule has 0 fully saturated rings. The van der Waals surface area contributed by atoms with Crippen molar-refractivity contribution in [2.24, 2.45) is 0 Å². The molecule has 0 atom stereocenters. The number of hydrogen-bond acceptors (Lipinski definition) is 5. The fourth-order valence-electron chi connectivity index (χ4n) is 3.70. The third-order valence-corrected chi connectivity index (χ3v) is 7.73. The summed E-state index contributed by atoms with van der Waals surface area (Å²) in [6, 6.07) is 20.9. The van der Waals surface area contributed by atoms with Crippen molar-refractivity contribution in [3.8, 4) is 0 Å². The Bertz CT molecular complexity index is 1310. The lowest BCUT2D eigenvalue weighted by Crippen LogP contribution is -2.36. The molecule has 1 aliphatic rings. The first-order valence-electron chi connectivity index (χ1n) is 10.7. The van der Waals surface area contributed by atoms with Gasteiger partial charge in [0, 0.05) is 19.6 Å². The molecule has 4 rings (SSSR count). The van der Waals surface area contributed by atoms with Crippen LogP contribution in [0.5, 0.6) is 0 Å². The van der Waals surface area contributed by atoms with Gasteiger partial charge in [0.15, 0.2) is 6.61 Å². The van der Waals surface area contributed by atoms with Crippen molar-refractivity contribution in [3.63, 3.8) is 0 Å². The Morgan fingerprint density at radius 2 is 1.68 bits per heavy atom. The number of nitrogens with one attached hydrogen (secondary N) is 1. The summed E-state index contributed by atoms with van der Waals surface area (Å²) >= 11 is 6.14. The van der Waals surface area contributed by atoms with E-state index in [9.17, 15) is 18.0 Å². The second kappa shape index (κ2) is 10.4. The Kier molecular flexibility index (Phi) is 7.31. The van der Waals surface area contributed by atoms with E-state index in [0.29, 0.717) is 19.5 Å². The first-order chi connectivity index (χ1) is 16.3. The van der Waals surface area contributed by atoms with E-state index in [1.54, 1.807) is 0 Å². The summed E-state index contributed by atoms with van der Waals surface area (Å²) in [5.41, 5.74) is 2.87. The number of esters is 1. The predicted molar refractivity (Wildman–Crippen MR) is 128 cm³/mol. The number of amides is 1. The molecule has 7 nitrogen and oxygen atoms in total. The number of hydrogen-bond donors (Lipinski definition) is 1. The van der Waals surface area contributed by atoms with Gasteiger partial charge < -0.3 is 10.1 Å². The average molecular weight is 499 g/mol. The van der Waals surface area contributed by atoms with Crippen molar-refractivity contribution in [2.45, 2.75) is 24.4 Å². The Morgan fingerprint density at radius 1 is 0.971 bits per heavy atom. The van der Waals surface area contributed by atoms with Gasteiger partial charge in [-0.15, -0.1) is 0 Å². The van der Waals surface area contributed by atoms with Crippen LogP contribution in [0.4, 0.5) is 0 Å². The third kappa shape index (κ3) is 5.47. The van der Waals surface area contributed by atoms with Crippen molar-refractivity contribution in [3.05, 3.63) is 100 Å². The number of fused-ring (bicyclic) bond motifs is 1. The molecule has 0 radical (unpaired) electrons. The van der Waals surface area contributed by atoms with E-state index in [0.717, 1.165) is 16.7 Å². The minimum atomic E-state index is -3.86. The van der Waals surface area contributed by atoms with Crippen LogP contribution in [0, 0.1) is 0 Å². The number of sulfonamides is 1. The number of halogens is 1. The van der Waals surface area contributed by atoms with Crippen molar-refractivity contribution in [1.82, 2.24) is 9.62 Å². The Morgan fingerprint density at radius 3 is 2.44 bits per heavy atom. The van der Waals surface area contributed by atoms with Gasteiger partial charge in [0.1, 0.15) is 0 Å². The highest BCUT2D eigenvalue weighted by molar-refractivity contribution is 7.89. The predicted octanol–water partition coefficient (Wildman–Crippen LogP) is 3.56. The third-order valence-electron chi connectivity index (χ3n) is 5.56. The monoisotopic (exact) mass is 498 g/mol. The molecule has 176 valence electrons. The van der Waals surface area contributed by atoms with E-state index >= 15 is 0 Å². The topological polar surface area (TPSA) is 92.8 Å². The van der Waals surface area contributed by atoms with Crippen LogP contribution in [0.25, 0.3) is 0 Å². The zero-order valence-electron chi connectivity index (χ0n) is 18.2. The second-order valence-electron chi connectivity index (χ2n) is 7.84. The van der Waals surface area contributed by atoms with Gasteiger partial charge in [0.05, 0.1) is 15.5 Å². The van der Waals surface area contributed by atoms with Gasteiger partial charge in [-0.05, 0) is 41.3 Å². The molecule has 1 amide bonds. The standard InChI is InChI=1S/C25H23ClN2O5S/c26-23-11-10-21(34(31,32)28-13-12-19-8-4-5-9-20(19)16-28)14-22(23)25(30)33-17-24(29)27-15-18-6-2-1-3-7-18/h1-11,14H,12-13,15-17H2,(H,27,29). The van der Waals surface area contributed by atoms with Crippen LogP contribution in [-0.2, 0) is 39.1 Å². The summed E-state index contributed by atoms with van der Waals surface area (Å²) in [7, 11) is -3.86. The molecule has 1 heterocycles. The van der Waals surface area contributed by atoms with Gasteiger partial charge in [-0.25, -0.2) is 13.2 Å². The molecule has 9 heteroatoms. The summed E-state index contributed by atoms with van der Waals surface area (Å²) in [5.74, 6) is -1.36. The van der Waals surface area contributed by atoms with Crippen molar-refractivity contribution in [2.75, 3.05) is 13.2 Å². The van der Waals surface area contributed by atoms with E-state index < -0.39 is 28.5 Å². The quantitative estimate of drug-likeness (QED) is 0.503. The summed E-state index contributed by atoms with van der Waals surface area (Å²) < 4.78 is 32.9. The SMILES string of the molecule is O=C(COC(=O)c1cc(S(=O)(=O)N2CCc3ccccc3C2)ccc1Cl)NCc1ccccc1. The first kappa shape index (κ1) is 23.9. The van der Waals surface area contributed by atoms with Crippen molar-refractivity contribution >= 4 is 33.5 Å². The highest BCUT2D eigenvalue weighted by Gasteiger charge is 2.29. The number of nitrogens with zero attached hydrogens (tertiary/aromatic N) is 1. The number of rotatable bonds is 7.